The third kappa shape index (κ3) is 4.60. The first-order chi connectivity index (χ1) is 9.13. The third-order valence-corrected chi connectivity index (χ3v) is 3.41. The van der Waals surface area contributed by atoms with Crippen LogP contribution >= 0.6 is 15.9 Å². The number of hydrogen-bond acceptors (Lipinski definition) is 2. The molecule has 0 saturated heterocycles. The van der Waals surface area contributed by atoms with Crippen molar-refractivity contribution >= 4 is 21.7 Å². The van der Waals surface area contributed by atoms with Gasteiger partial charge in [0.15, 0.2) is 0 Å². The van der Waals surface area contributed by atoms with Crippen molar-refractivity contribution in [3.63, 3.8) is 0 Å². The van der Waals surface area contributed by atoms with Crippen LogP contribution < -0.4 is 0 Å². The van der Waals surface area contributed by atoms with Gasteiger partial charge in [0.05, 0.1) is 0 Å². The minimum absolute atomic E-state index is 0.250. The highest BCUT2D eigenvalue weighted by Crippen LogP contribution is 2.12. The maximum absolute atomic E-state index is 11.9. The van der Waals surface area contributed by atoms with Crippen molar-refractivity contribution in [1.82, 2.24) is 4.98 Å². The Morgan fingerprint density at radius 3 is 2.58 bits per heavy atom. The number of rotatable bonds is 5. The van der Waals surface area contributed by atoms with Crippen molar-refractivity contribution in [2.24, 2.45) is 0 Å². The van der Waals surface area contributed by atoms with Gasteiger partial charge < -0.3 is 0 Å². The van der Waals surface area contributed by atoms with Gasteiger partial charge >= 0.3 is 0 Å². The van der Waals surface area contributed by atoms with Gasteiger partial charge in [-0.05, 0) is 46.5 Å². The fraction of sp³-hybridized carbons (Fsp3) is 0.250. The molecule has 1 aromatic carbocycles. The standard InChI is InChI=1S/C16H16BrNO/c1-12-2-4-13(5-3-12)6-7-16(19)9-14-8-15(17)11-18-10-14/h2-5,8,10-11H,6-7,9H2,1H3. The number of Topliss-reactive ketones (excluding diaryl/α,β-unsaturated/α-hetero) is 1. The molecule has 0 aliphatic heterocycles. The summed E-state index contributed by atoms with van der Waals surface area (Å²) >= 11 is 3.36. The first-order valence-corrected chi connectivity index (χ1v) is 7.09. The van der Waals surface area contributed by atoms with Crippen LogP contribution in [0, 0.1) is 6.92 Å². The van der Waals surface area contributed by atoms with Gasteiger partial charge in [0.1, 0.15) is 5.78 Å². The Hall–Kier alpha value is -1.48. The van der Waals surface area contributed by atoms with E-state index in [0.717, 1.165) is 16.5 Å². The van der Waals surface area contributed by atoms with Crippen LogP contribution in [0.5, 0.6) is 0 Å². The van der Waals surface area contributed by atoms with Crippen molar-refractivity contribution < 1.29 is 4.79 Å². The lowest BCUT2D eigenvalue weighted by molar-refractivity contribution is -0.118. The number of ketones is 1. The molecule has 0 spiro atoms. The van der Waals surface area contributed by atoms with Gasteiger partial charge in [-0.1, -0.05) is 29.8 Å². The summed E-state index contributed by atoms with van der Waals surface area (Å²) in [7, 11) is 0. The number of aromatic nitrogens is 1. The molecule has 98 valence electrons. The maximum Gasteiger partial charge on any atom is 0.137 e. The molecule has 0 radical (unpaired) electrons. The van der Waals surface area contributed by atoms with Gasteiger partial charge in [-0.25, -0.2) is 0 Å². The first-order valence-electron chi connectivity index (χ1n) is 6.30. The lowest BCUT2D eigenvalue weighted by Gasteiger charge is -2.03. The summed E-state index contributed by atoms with van der Waals surface area (Å²) in [4.78, 5) is 16.0. The van der Waals surface area contributed by atoms with E-state index in [9.17, 15) is 4.79 Å². The maximum atomic E-state index is 11.9. The Kier molecular flexibility index (Phi) is 4.86. The molecule has 0 N–H and O–H groups in total. The Morgan fingerprint density at radius 2 is 1.89 bits per heavy atom. The fourth-order valence-electron chi connectivity index (χ4n) is 1.91. The number of carbonyl (C=O) groups excluding carboxylic acids is 1. The van der Waals surface area contributed by atoms with E-state index in [1.165, 1.54) is 11.1 Å². The van der Waals surface area contributed by atoms with Crippen LogP contribution in [-0.2, 0) is 17.6 Å². The Balaban J connectivity index is 1.86. The van der Waals surface area contributed by atoms with Gasteiger partial charge in [0.25, 0.3) is 0 Å². The van der Waals surface area contributed by atoms with Gasteiger partial charge in [0.2, 0.25) is 0 Å². The van der Waals surface area contributed by atoms with E-state index in [4.69, 9.17) is 0 Å². The molecule has 0 amide bonds. The van der Waals surface area contributed by atoms with E-state index >= 15 is 0 Å². The lowest BCUT2D eigenvalue weighted by atomic mass is 10.0. The number of carbonyl (C=O) groups is 1. The minimum Gasteiger partial charge on any atom is -0.299 e. The van der Waals surface area contributed by atoms with Crippen LogP contribution in [0.25, 0.3) is 0 Å². The molecule has 0 saturated carbocycles. The van der Waals surface area contributed by atoms with E-state index in [1.807, 2.05) is 6.07 Å². The molecule has 0 fully saturated rings. The van der Waals surface area contributed by atoms with Gasteiger partial charge in [-0.3, -0.25) is 9.78 Å². The predicted molar refractivity (Wildman–Crippen MR) is 80.1 cm³/mol. The van der Waals surface area contributed by atoms with Gasteiger partial charge in [-0.15, -0.1) is 0 Å². The molecule has 0 unspecified atom stereocenters. The monoisotopic (exact) mass is 317 g/mol. The number of benzene rings is 1. The van der Waals surface area contributed by atoms with E-state index in [0.29, 0.717) is 12.8 Å². The zero-order valence-corrected chi connectivity index (χ0v) is 12.5. The Bertz CT molecular complexity index is 563. The average molecular weight is 318 g/mol. The number of pyridine rings is 1. The van der Waals surface area contributed by atoms with Crippen LogP contribution in [0.15, 0.2) is 47.2 Å². The summed E-state index contributed by atoms with van der Waals surface area (Å²) in [5.74, 6) is 0.250. The molecule has 19 heavy (non-hydrogen) atoms. The molecular formula is C16H16BrNO. The minimum atomic E-state index is 0.250. The second-order valence-corrected chi connectivity index (χ2v) is 5.63. The fourth-order valence-corrected chi connectivity index (χ4v) is 2.32. The molecule has 2 nitrogen and oxygen atoms in total. The van der Waals surface area contributed by atoms with Crippen molar-refractivity contribution in [2.45, 2.75) is 26.2 Å². The smallest absolute Gasteiger partial charge is 0.137 e. The van der Waals surface area contributed by atoms with Crippen molar-refractivity contribution in [3.8, 4) is 0 Å². The third-order valence-electron chi connectivity index (χ3n) is 2.98. The van der Waals surface area contributed by atoms with E-state index in [-0.39, 0.29) is 5.78 Å². The van der Waals surface area contributed by atoms with Crippen molar-refractivity contribution in [1.29, 1.82) is 0 Å². The zero-order chi connectivity index (χ0) is 13.7. The van der Waals surface area contributed by atoms with E-state index in [2.05, 4.69) is 52.1 Å². The van der Waals surface area contributed by atoms with Crippen LogP contribution in [-0.4, -0.2) is 10.8 Å². The second kappa shape index (κ2) is 6.62. The molecule has 3 heteroatoms. The topological polar surface area (TPSA) is 30.0 Å². The summed E-state index contributed by atoms with van der Waals surface area (Å²) in [6.45, 7) is 2.06. The second-order valence-electron chi connectivity index (χ2n) is 4.71. The van der Waals surface area contributed by atoms with Gasteiger partial charge in [0, 0.05) is 29.7 Å². The molecule has 1 heterocycles. The molecule has 0 atom stereocenters. The van der Waals surface area contributed by atoms with Crippen molar-refractivity contribution in [3.05, 3.63) is 63.9 Å². The van der Waals surface area contributed by atoms with E-state index < -0.39 is 0 Å². The summed E-state index contributed by atoms with van der Waals surface area (Å²) in [5, 5.41) is 0. The molecule has 2 aromatic rings. The molecule has 0 aliphatic rings. The zero-order valence-electron chi connectivity index (χ0n) is 10.9. The summed E-state index contributed by atoms with van der Waals surface area (Å²) in [6, 6.07) is 10.3. The molecule has 0 aliphatic carbocycles. The SMILES string of the molecule is Cc1ccc(CCC(=O)Cc2cncc(Br)c2)cc1. The molecule has 1 aromatic heterocycles. The highest BCUT2D eigenvalue weighted by molar-refractivity contribution is 9.10. The van der Waals surface area contributed by atoms with E-state index in [1.54, 1.807) is 12.4 Å². The molecule has 0 bridgehead atoms. The predicted octanol–water partition coefficient (Wildman–Crippen LogP) is 3.90. The van der Waals surface area contributed by atoms with Crippen LogP contribution in [0.1, 0.15) is 23.1 Å². The highest BCUT2D eigenvalue weighted by Gasteiger charge is 2.05. The number of hydrogen-bond donors (Lipinski definition) is 0. The summed E-state index contributed by atoms with van der Waals surface area (Å²) in [6.07, 6.45) is 5.31. The Morgan fingerprint density at radius 1 is 1.16 bits per heavy atom. The summed E-state index contributed by atoms with van der Waals surface area (Å²) < 4.78 is 0.913. The number of aryl methyl sites for hydroxylation is 2. The quantitative estimate of drug-likeness (QED) is 0.837. The normalized spacial score (nSPS) is 10.4. The Labute approximate surface area is 122 Å². The average Bonchev–Trinajstić information content (AvgIpc) is 2.38. The molecular weight excluding hydrogens is 302 g/mol. The highest BCUT2D eigenvalue weighted by atomic mass is 79.9. The number of nitrogens with zero attached hydrogens (tertiary/aromatic N) is 1. The van der Waals surface area contributed by atoms with Crippen molar-refractivity contribution in [2.75, 3.05) is 0 Å². The van der Waals surface area contributed by atoms with Crippen LogP contribution in [0.3, 0.4) is 0 Å². The largest absolute Gasteiger partial charge is 0.299 e. The first kappa shape index (κ1) is 13.9. The molecule has 2 rings (SSSR count). The van der Waals surface area contributed by atoms with Crippen LogP contribution in [0.4, 0.5) is 0 Å². The summed E-state index contributed by atoms with van der Waals surface area (Å²) in [5.41, 5.74) is 3.42. The number of halogens is 1. The van der Waals surface area contributed by atoms with Gasteiger partial charge in [-0.2, -0.15) is 0 Å². The van der Waals surface area contributed by atoms with Crippen LogP contribution in [0.2, 0.25) is 0 Å². The lowest BCUT2D eigenvalue weighted by Crippen LogP contribution is -2.04.